The fourth-order valence-corrected chi connectivity index (χ4v) is 2.50. The summed E-state index contributed by atoms with van der Waals surface area (Å²) in [6, 6.07) is 8.28. The van der Waals surface area contributed by atoms with Gasteiger partial charge in [0.1, 0.15) is 0 Å². The molecular weight excluding hydrogens is 242 g/mol. The Morgan fingerprint density at radius 3 is 3.00 bits per heavy atom. The smallest absolute Gasteiger partial charge is 0.303 e. The van der Waals surface area contributed by atoms with Gasteiger partial charge >= 0.3 is 5.97 Å². The van der Waals surface area contributed by atoms with Gasteiger partial charge in [-0.15, -0.1) is 0 Å². The number of hydrogen-bond acceptors (Lipinski definition) is 3. The number of carboxylic acid groups (broad SMARTS) is 1. The van der Waals surface area contributed by atoms with Gasteiger partial charge < -0.3 is 9.84 Å². The second-order valence-electron chi connectivity index (χ2n) is 5.01. The monoisotopic (exact) mass is 263 g/mol. The predicted octanol–water partition coefficient (Wildman–Crippen LogP) is 2.23. The van der Waals surface area contributed by atoms with E-state index in [0.717, 1.165) is 19.6 Å². The Bertz CT molecular complexity index is 433. The molecule has 1 fully saturated rings. The first-order valence-electron chi connectivity index (χ1n) is 6.78. The van der Waals surface area contributed by atoms with Crippen LogP contribution in [0.4, 0.5) is 0 Å². The van der Waals surface area contributed by atoms with Crippen molar-refractivity contribution < 1.29 is 14.6 Å². The summed E-state index contributed by atoms with van der Waals surface area (Å²) in [7, 11) is 0. The minimum Gasteiger partial charge on any atom is -0.481 e. The SMILES string of the molecule is Cc1ccccc1C1CN(CCCC(=O)O)CCO1. The minimum atomic E-state index is -0.719. The summed E-state index contributed by atoms with van der Waals surface area (Å²) < 4.78 is 5.84. The van der Waals surface area contributed by atoms with Crippen LogP contribution in [0.15, 0.2) is 24.3 Å². The number of hydrogen-bond donors (Lipinski definition) is 1. The Labute approximate surface area is 114 Å². The van der Waals surface area contributed by atoms with E-state index < -0.39 is 5.97 Å². The first kappa shape index (κ1) is 14.0. The Kier molecular flexibility index (Phi) is 4.93. The summed E-state index contributed by atoms with van der Waals surface area (Å²) in [5.74, 6) is -0.719. The average Bonchev–Trinajstić information content (AvgIpc) is 2.39. The number of aryl methyl sites for hydroxylation is 1. The Morgan fingerprint density at radius 2 is 2.26 bits per heavy atom. The van der Waals surface area contributed by atoms with Crippen LogP contribution in [0.25, 0.3) is 0 Å². The molecule has 4 heteroatoms. The molecule has 19 heavy (non-hydrogen) atoms. The summed E-state index contributed by atoms with van der Waals surface area (Å²) in [4.78, 5) is 12.8. The number of ether oxygens (including phenoxy) is 1. The van der Waals surface area contributed by atoms with Crippen LogP contribution in [0, 0.1) is 6.92 Å². The first-order chi connectivity index (χ1) is 9.16. The fraction of sp³-hybridized carbons (Fsp3) is 0.533. The zero-order chi connectivity index (χ0) is 13.7. The van der Waals surface area contributed by atoms with Crippen molar-refractivity contribution in [3.05, 3.63) is 35.4 Å². The molecule has 0 bridgehead atoms. The number of morpholine rings is 1. The van der Waals surface area contributed by atoms with Crippen molar-refractivity contribution >= 4 is 5.97 Å². The molecule has 4 nitrogen and oxygen atoms in total. The van der Waals surface area contributed by atoms with E-state index in [2.05, 4.69) is 24.0 Å². The minimum absolute atomic E-state index is 0.111. The maximum Gasteiger partial charge on any atom is 0.303 e. The number of aliphatic carboxylic acids is 1. The molecule has 1 aromatic rings. The van der Waals surface area contributed by atoms with Crippen LogP contribution in [0.5, 0.6) is 0 Å². The summed E-state index contributed by atoms with van der Waals surface area (Å²) in [6.07, 6.45) is 1.06. The third kappa shape index (κ3) is 4.04. The fourth-order valence-electron chi connectivity index (χ4n) is 2.50. The lowest BCUT2D eigenvalue weighted by Gasteiger charge is -2.33. The molecule has 0 saturated carbocycles. The van der Waals surface area contributed by atoms with Gasteiger partial charge in [0.05, 0.1) is 12.7 Å². The highest BCUT2D eigenvalue weighted by Gasteiger charge is 2.22. The summed E-state index contributed by atoms with van der Waals surface area (Å²) >= 11 is 0. The van der Waals surface area contributed by atoms with Crippen molar-refractivity contribution in [3.8, 4) is 0 Å². The van der Waals surface area contributed by atoms with E-state index in [1.165, 1.54) is 11.1 Å². The summed E-state index contributed by atoms with van der Waals surface area (Å²) in [6.45, 7) is 5.39. The van der Waals surface area contributed by atoms with E-state index in [1.807, 2.05) is 12.1 Å². The average molecular weight is 263 g/mol. The molecule has 0 spiro atoms. The number of rotatable bonds is 5. The molecule has 1 aliphatic heterocycles. The molecule has 1 saturated heterocycles. The standard InChI is InChI=1S/C15H21NO3/c1-12-5-2-3-6-13(12)14-11-16(9-10-19-14)8-4-7-15(17)18/h2-3,5-6,14H,4,7-11H2,1H3,(H,17,18). The molecule has 1 heterocycles. The lowest BCUT2D eigenvalue weighted by atomic mass is 10.0. The largest absolute Gasteiger partial charge is 0.481 e. The summed E-state index contributed by atoms with van der Waals surface area (Å²) in [5.41, 5.74) is 2.49. The van der Waals surface area contributed by atoms with Gasteiger partial charge in [-0.1, -0.05) is 24.3 Å². The van der Waals surface area contributed by atoms with Gasteiger partial charge in [0.25, 0.3) is 0 Å². The molecule has 0 aromatic heterocycles. The topological polar surface area (TPSA) is 49.8 Å². The lowest BCUT2D eigenvalue weighted by molar-refractivity contribution is -0.137. The Hall–Kier alpha value is -1.39. The van der Waals surface area contributed by atoms with Gasteiger partial charge in [0, 0.05) is 19.5 Å². The van der Waals surface area contributed by atoms with Crippen molar-refractivity contribution in [2.45, 2.75) is 25.9 Å². The van der Waals surface area contributed by atoms with E-state index >= 15 is 0 Å². The second-order valence-corrected chi connectivity index (χ2v) is 5.01. The maximum atomic E-state index is 10.5. The van der Waals surface area contributed by atoms with Crippen LogP contribution in [0.2, 0.25) is 0 Å². The third-order valence-electron chi connectivity index (χ3n) is 3.55. The van der Waals surface area contributed by atoms with Crippen molar-refractivity contribution in [3.63, 3.8) is 0 Å². The molecule has 0 amide bonds. The van der Waals surface area contributed by atoms with Gasteiger partial charge in [-0.3, -0.25) is 9.69 Å². The third-order valence-corrected chi connectivity index (χ3v) is 3.55. The molecule has 1 unspecified atom stereocenters. The molecule has 2 rings (SSSR count). The van der Waals surface area contributed by atoms with Crippen LogP contribution in [0.1, 0.15) is 30.1 Å². The van der Waals surface area contributed by atoms with Crippen molar-refractivity contribution in [1.82, 2.24) is 4.90 Å². The van der Waals surface area contributed by atoms with E-state index in [9.17, 15) is 4.79 Å². The zero-order valence-electron chi connectivity index (χ0n) is 11.3. The molecule has 0 radical (unpaired) electrons. The molecule has 0 aliphatic carbocycles. The molecule has 1 atom stereocenters. The number of carboxylic acids is 1. The molecule has 104 valence electrons. The van der Waals surface area contributed by atoms with E-state index in [4.69, 9.17) is 9.84 Å². The highest BCUT2D eigenvalue weighted by atomic mass is 16.5. The van der Waals surface area contributed by atoms with Crippen molar-refractivity contribution in [1.29, 1.82) is 0 Å². The van der Waals surface area contributed by atoms with Crippen LogP contribution >= 0.6 is 0 Å². The van der Waals surface area contributed by atoms with Gasteiger partial charge in [-0.05, 0) is 31.0 Å². The molecule has 1 N–H and O–H groups in total. The highest BCUT2D eigenvalue weighted by Crippen LogP contribution is 2.24. The quantitative estimate of drug-likeness (QED) is 0.885. The van der Waals surface area contributed by atoms with Crippen LogP contribution in [-0.2, 0) is 9.53 Å². The molecular formula is C15H21NO3. The zero-order valence-corrected chi connectivity index (χ0v) is 11.3. The van der Waals surface area contributed by atoms with Gasteiger partial charge in [0.2, 0.25) is 0 Å². The van der Waals surface area contributed by atoms with Gasteiger partial charge in [-0.25, -0.2) is 0 Å². The van der Waals surface area contributed by atoms with E-state index in [0.29, 0.717) is 13.0 Å². The van der Waals surface area contributed by atoms with E-state index in [1.54, 1.807) is 0 Å². The summed E-state index contributed by atoms with van der Waals surface area (Å²) in [5, 5.41) is 8.67. The normalized spacial score (nSPS) is 20.4. The van der Waals surface area contributed by atoms with Crippen LogP contribution in [-0.4, -0.2) is 42.2 Å². The molecule has 1 aliphatic rings. The first-order valence-corrected chi connectivity index (χ1v) is 6.78. The van der Waals surface area contributed by atoms with Gasteiger partial charge in [-0.2, -0.15) is 0 Å². The molecule has 1 aromatic carbocycles. The predicted molar refractivity (Wildman–Crippen MR) is 73.2 cm³/mol. The second kappa shape index (κ2) is 6.68. The Balaban J connectivity index is 1.90. The maximum absolute atomic E-state index is 10.5. The van der Waals surface area contributed by atoms with Gasteiger partial charge in [0.15, 0.2) is 0 Å². The Morgan fingerprint density at radius 1 is 1.47 bits per heavy atom. The number of nitrogens with zero attached hydrogens (tertiary/aromatic N) is 1. The van der Waals surface area contributed by atoms with Crippen LogP contribution in [0.3, 0.4) is 0 Å². The van der Waals surface area contributed by atoms with Crippen LogP contribution < -0.4 is 0 Å². The van der Waals surface area contributed by atoms with Crippen molar-refractivity contribution in [2.24, 2.45) is 0 Å². The number of carbonyl (C=O) groups is 1. The highest BCUT2D eigenvalue weighted by molar-refractivity contribution is 5.66. The lowest BCUT2D eigenvalue weighted by Crippen LogP contribution is -2.39. The van der Waals surface area contributed by atoms with Crippen molar-refractivity contribution in [2.75, 3.05) is 26.2 Å². The van der Waals surface area contributed by atoms with E-state index in [-0.39, 0.29) is 12.5 Å². The number of benzene rings is 1.